The first-order chi connectivity index (χ1) is 20.9. The van der Waals surface area contributed by atoms with Crippen molar-refractivity contribution in [1.29, 1.82) is 0 Å². The van der Waals surface area contributed by atoms with Crippen molar-refractivity contribution in [3.05, 3.63) is 115 Å². The molecule has 12 heteroatoms. The number of hydrogen-bond acceptors (Lipinski definition) is 0. The van der Waals surface area contributed by atoms with Gasteiger partial charge >= 0.3 is 50.1 Å². The molecule has 0 aromatic heterocycles. The van der Waals surface area contributed by atoms with E-state index in [1.807, 2.05) is 37.0 Å². The summed E-state index contributed by atoms with van der Waals surface area (Å²) in [5.41, 5.74) is 16.8. The molecule has 0 N–H and O–H groups in total. The van der Waals surface area contributed by atoms with E-state index < -0.39 is 7.81 Å². The largest absolute Gasteiger partial charge is 1.00 e. The molecule has 4 unspecified atom stereocenters. The molecule has 0 aliphatic carbocycles. The third-order valence-electron chi connectivity index (χ3n) is 7.36. The van der Waals surface area contributed by atoms with Crippen LogP contribution in [0, 0.1) is 83.1 Å². The van der Waals surface area contributed by atoms with Gasteiger partial charge in [0.15, 0.2) is 0 Å². The van der Waals surface area contributed by atoms with Crippen molar-refractivity contribution < 1.29 is 42.3 Å². The molecule has 0 aliphatic heterocycles. The molecular weight excluding hydrogens is 765 g/mol. The molecule has 0 spiro atoms. The summed E-state index contributed by atoms with van der Waals surface area (Å²) in [7, 11) is -2.77. The summed E-state index contributed by atoms with van der Waals surface area (Å²) in [6.45, 7) is 25.9. The van der Waals surface area contributed by atoms with Crippen LogP contribution in [0.4, 0.5) is 25.2 Å². The van der Waals surface area contributed by atoms with Gasteiger partial charge in [0, 0.05) is 37.0 Å². The maximum absolute atomic E-state index is 10.7. The van der Waals surface area contributed by atoms with E-state index in [1.165, 1.54) is 88.0 Å². The summed E-state index contributed by atoms with van der Waals surface area (Å²) in [4.78, 5) is 0. The van der Waals surface area contributed by atoms with E-state index in [2.05, 4.69) is 132 Å². The number of aryl methyl sites for hydroxylation is 12. The Labute approximate surface area is 305 Å². The van der Waals surface area contributed by atoms with E-state index in [1.54, 1.807) is 0 Å². The first-order valence-electron chi connectivity index (χ1n) is 15.0. The second kappa shape index (κ2) is 19.1. The molecule has 274 valence electrons. The van der Waals surface area contributed by atoms with Crippen LogP contribution in [-0.2, 0) is 17.1 Å². The van der Waals surface area contributed by atoms with Gasteiger partial charge in [-0.1, -0.05) is 70.8 Å². The van der Waals surface area contributed by atoms with Gasteiger partial charge in [-0.25, -0.2) is 0 Å². The molecule has 0 amide bonds. The molecule has 4 rings (SSSR count). The first kappa shape index (κ1) is 49.2. The van der Waals surface area contributed by atoms with Crippen molar-refractivity contribution in [2.24, 2.45) is 0 Å². The smallest absolute Gasteiger partial charge is 1.00 e. The predicted octanol–water partition coefficient (Wildman–Crippen LogP) is 10.8. The molecule has 0 saturated heterocycles. The van der Waals surface area contributed by atoms with Gasteiger partial charge in [0.25, 0.3) is 0 Å². The third-order valence-corrected chi connectivity index (χ3v) is 11.8. The van der Waals surface area contributed by atoms with E-state index in [4.69, 9.17) is 0 Å². The van der Waals surface area contributed by atoms with Crippen LogP contribution in [0.1, 0.15) is 66.8 Å². The van der Waals surface area contributed by atoms with Gasteiger partial charge < -0.3 is 0 Å². The Morgan fingerprint density at radius 2 is 0.396 bits per heavy atom. The van der Waals surface area contributed by atoms with Crippen LogP contribution < -0.4 is 21.2 Å². The normalized spacial score (nSPS) is 12.0. The van der Waals surface area contributed by atoms with E-state index in [9.17, 15) is 25.2 Å². The fraction of sp³-hybridized carbons (Fsp3) is 0.333. The zero-order valence-electron chi connectivity index (χ0n) is 30.5. The van der Waals surface area contributed by atoms with E-state index >= 15 is 0 Å². The minimum Gasteiger partial charge on any atom is 1.00 e. The fourth-order valence-electron chi connectivity index (χ4n) is 4.84. The number of halogens is 6. The number of rotatable bonds is 0. The topological polar surface area (TPSA) is 0 Å². The van der Waals surface area contributed by atoms with E-state index in [0.717, 1.165) is 0 Å². The molecule has 0 heterocycles. The van der Waals surface area contributed by atoms with Crippen LogP contribution in [0.2, 0.25) is 0 Å². The van der Waals surface area contributed by atoms with Crippen LogP contribution in [-0.4, -0.2) is 0 Å². The van der Waals surface area contributed by atoms with E-state index in [0.29, 0.717) is 0 Å². The zero-order chi connectivity index (χ0) is 37.3. The van der Waals surface area contributed by atoms with Crippen molar-refractivity contribution in [1.82, 2.24) is 0 Å². The molecular formula is C36H56CuF6P5+4. The van der Waals surface area contributed by atoms with Crippen molar-refractivity contribution >= 4 is 66.0 Å². The SMILES string of the molecule is Cc1cc(C)c([PH3+])c(C)c1.Cc1cc(C)c([PH3+])c(C)c1.Cc1cc(C)c([PH3+])c(C)c1.Cc1cc(C)c([PH3+])c(C)c1.F[P-](F)(F)(F)(F)F.[Cu+]. The minimum absolute atomic E-state index is 0. The van der Waals surface area contributed by atoms with Gasteiger partial charge in [-0.3, -0.25) is 0 Å². The summed E-state index contributed by atoms with van der Waals surface area (Å²) >= 11 is 0. The minimum atomic E-state index is -10.7. The molecule has 4 aromatic carbocycles. The molecule has 0 saturated carbocycles. The Morgan fingerprint density at radius 3 is 0.479 bits per heavy atom. The average molecular weight is 821 g/mol. The van der Waals surface area contributed by atoms with Crippen LogP contribution >= 0.6 is 44.8 Å². The van der Waals surface area contributed by atoms with E-state index in [-0.39, 0.29) is 17.1 Å². The quantitative estimate of drug-likeness (QED) is 0.0942. The Morgan fingerprint density at radius 1 is 0.312 bits per heavy atom. The van der Waals surface area contributed by atoms with Crippen LogP contribution in [0.3, 0.4) is 0 Å². The zero-order valence-corrected chi connectivity index (χ0v) is 38.0. The van der Waals surface area contributed by atoms with Crippen LogP contribution in [0.25, 0.3) is 0 Å². The summed E-state index contributed by atoms with van der Waals surface area (Å²) < 4.78 is 59.2. The summed E-state index contributed by atoms with van der Waals surface area (Å²) in [6, 6.07) is 17.9. The molecule has 0 aliphatic rings. The summed E-state index contributed by atoms with van der Waals surface area (Å²) in [5.74, 6) is 0. The van der Waals surface area contributed by atoms with Gasteiger partial charge in [0.2, 0.25) is 0 Å². The summed E-state index contributed by atoms with van der Waals surface area (Å²) in [5, 5.41) is 5.80. The number of hydrogen-bond donors (Lipinski definition) is 0. The standard InChI is InChI=1S/4C9H13P.Cu.F6P/c4*1-6-4-7(2)9(10)8(3)5-6;;1-7(2,3,4,5)6/h4*4-5H,10H2,1-3H3;;/q;;;;+1;-1/p+4. The Kier molecular flexibility index (Phi) is 19.6. The van der Waals surface area contributed by atoms with Gasteiger partial charge in [-0.2, -0.15) is 0 Å². The maximum atomic E-state index is 9.87. The number of benzene rings is 4. The predicted molar refractivity (Wildman–Crippen MR) is 219 cm³/mol. The van der Waals surface area contributed by atoms with Crippen molar-refractivity contribution in [2.75, 3.05) is 0 Å². The Bertz CT molecular complexity index is 1360. The van der Waals surface area contributed by atoms with Gasteiger partial charge in [-0.05, 0) is 128 Å². The molecule has 0 nitrogen and oxygen atoms in total. The third kappa shape index (κ3) is 22.1. The molecule has 4 atom stereocenters. The van der Waals surface area contributed by atoms with Crippen LogP contribution in [0.15, 0.2) is 48.5 Å². The molecule has 48 heavy (non-hydrogen) atoms. The maximum Gasteiger partial charge on any atom is 1.00 e. The molecule has 4 aromatic rings. The second-order valence-corrected chi connectivity index (χ2v) is 17.2. The summed E-state index contributed by atoms with van der Waals surface area (Å²) in [6.07, 6.45) is 0. The van der Waals surface area contributed by atoms with Gasteiger partial charge in [0.05, 0.1) is 21.2 Å². The van der Waals surface area contributed by atoms with Crippen molar-refractivity contribution in [3.63, 3.8) is 0 Å². The van der Waals surface area contributed by atoms with Gasteiger partial charge in [-0.15, -0.1) is 0 Å². The molecule has 0 fully saturated rings. The van der Waals surface area contributed by atoms with Crippen molar-refractivity contribution in [2.45, 2.75) is 83.1 Å². The van der Waals surface area contributed by atoms with Gasteiger partial charge in [0.1, 0.15) is 0 Å². The fourth-order valence-corrected chi connectivity index (χ4v) is 5.66. The monoisotopic (exact) mass is 820 g/mol. The van der Waals surface area contributed by atoms with Crippen molar-refractivity contribution in [3.8, 4) is 0 Å². The Balaban J connectivity index is 0. The average Bonchev–Trinajstić information content (AvgIpc) is 2.86. The first-order valence-corrected chi connectivity index (χ1v) is 19.9. The Hall–Kier alpha value is -0.871. The molecule has 0 bridgehead atoms. The van der Waals surface area contributed by atoms with Crippen LogP contribution in [0.5, 0.6) is 0 Å². The molecule has 0 radical (unpaired) electrons. The second-order valence-electron chi connectivity index (χ2n) is 12.5.